The number of hydrogen-bond acceptors (Lipinski definition) is 3. The average Bonchev–Trinajstić information content (AvgIpc) is 3.13. The Morgan fingerprint density at radius 2 is 1.73 bits per heavy atom. The first kappa shape index (κ1) is 20.2. The molecule has 0 aromatic heterocycles. The minimum atomic E-state index is -0.385. The predicted octanol–water partition coefficient (Wildman–Crippen LogP) is 5.54. The molecule has 4 rings (SSSR count). The molecule has 1 saturated heterocycles. The van der Waals surface area contributed by atoms with E-state index >= 15 is 0 Å². The zero-order valence-electron chi connectivity index (χ0n) is 16.5. The smallest absolute Gasteiger partial charge is 0.229 e. The summed E-state index contributed by atoms with van der Waals surface area (Å²) in [4.78, 5) is 26.7. The lowest BCUT2D eigenvalue weighted by Gasteiger charge is -2.17. The molecule has 30 heavy (non-hydrogen) atoms. The molecule has 0 unspecified atom stereocenters. The van der Waals surface area contributed by atoms with Gasteiger partial charge in [-0.05, 0) is 67.1 Å². The second-order valence-corrected chi connectivity index (χ2v) is 8.18. The van der Waals surface area contributed by atoms with Gasteiger partial charge < -0.3 is 15.0 Å². The molecule has 1 aliphatic heterocycles. The molecule has 6 heteroatoms. The zero-order chi connectivity index (χ0) is 21.1. The van der Waals surface area contributed by atoms with Gasteiger partial charge in [0.25, 0.3) is 0 Å². The molecular weight excluding hydrogens is 444 g/mol. The number of rotatable bonds is 5. The third-order valence-corrected chi connectivity index (χ3v) is 5.61. The van der Waals surface area contributed by atoms with Crippen molar-refractivity contribution in [1.29, 1.82) is 0 Å². The molecule has 1 aliphatic rings. The Bertz CT molecular complexity index is 1060. The maximum atomic E-state index is 12.7. The van der Waals surface area contributed by atoms with Gasteiger partial charge in [0, 0.05) is 28.8 Å². The number of benzene rings is 3. The Morgan fingerprint density at radius 3 is 2.43 bits per heavy atom. The highest BCUT2D eigenvalue weighted by atomic mass is 79.9. The average molecular weight is 465 g/mol. The monoisotopic (exact) mass is 464 g/mol. The summed E-state index contributed by atoms with van der Waals surface area (Å²) in [5, 5.41) is 2.91. The van der Waals surface area contributed by atoms with Crippen molar-refractivity contribution in [2.24, 2.45) is 5.92 Å². The summed E-state index contributed by atoms with van der Waals surface area (Å²) in [7, 11) is 0. The SMILES string of the molecule is Cc1ccccc1Oc1ccc(NC(=O)[C@@H]2CC(=O)N(c3ccc(Br)cc3)C2)cc1. The summed E-state index contributed by atoms with van der Waals surface area (Å²) in [6.45, 7) is 2.37. The second-order valence-electron chi connectivity index (χ2n) is 7.26. The van der Waals surface area contributed by atoms with Crippen LogP contribution in [-0.4, -0.2) is 18.4 Å². The minimum Gasteiger partial charge on any atom is -0.457 e. The van der Waals surface area contributed by atoms with Crippen LogP contribution in [0.15, 0.2) is 77.3 Å². The summed E-state index contributed by atoms with van der Waals surface area (Å²) in [5.74, 6) is 0.908. The molecular formula is C24H21BrN2O3. The predicted molar refractivity (Wildman–Crippen MR) is 121 cm³/mol. The number of amides is 2. The second kappa shape index (κ2) is 8.71. The van der Waals surface area contributed by atoms with Crippen LogP contribution in [0.25, 0.3) is 0 Å². The number of hydrogen-bond donors (Lipinski definition) is 1. The fourth-order valence-electron chi connectivity index (χ4n) is 3.40. The number of nitrogens with one attached hydrogen (secondary N) is 1. The van der Waals surface area contributed by atoms with E-state index in [9.17, 15) is 9.59 Å². The fraction of sp³-hybridized carbons (Fsp3) is 0.167. The van der Waals surface area contributed by atoms with Crippen molar-refractivity contribution < 1.29 is 14.3 Å². The van der Waals surface area contributed by atoms with Gasteiger partial charge in [0.05, 0.1) is 5.92 Å². The van der Waals surface area contributed by atoms with Gasteiger partial charge in [-0.15, -0.1) is 0 Å². The lowest BCUT2D eigenvalue weighted by molar-refractivity contribution is -0.122. The number of anilines is 2. The van der Waals surface area contributed by atoms with Crippen molar-refractivity contribution in [2.75, 3.05) is 16.8 Å². The fourth-order valence-corrected chi connectivity index (χ4v) is 3.67. The van der Waals surface area contributed by atoms with E-state index in [1.165, 1.54) is 0 Å². The third kappa shape index (κ3) is 4.54. The topological polar surface area (TPSA) is 58.6 Å². The molecule has 0 aliphatic carbocycles. The number of aryl methyl sites for hydroxylation is 1. The van der Waals surface area contributed by atoms with Crippen molar-refractivity contribution >= 4 is 39.1 Å². The first-order valence-electron chi connectivity index (χ1n) is 9.70. The molecule has 0 radical (unpaired) electrons. The number of para-hydroxylation sites is 1. The van der Waals surface area contributed by atoms with Crippen LogP contribution in [0, 0.1) is 12.8 Å². The van der Waals surface area contributed by atoms with Crippen molar-refractivity contribution in [3.8, 4) is 11.5 Å². The molecule has 2 amide bonds. The standard InChI is InChI=1S/C24H21BrN2O3/c1-16-4-2-3-5-22(16)30-21-12-8-19(9-13-21)26-24(29)17-14-23(28)27(15-17)20-10-6-18(25)7-11-20/h2-13,17H,14-15H2,1H3,(H,26,29)/t17-/m1/s1. The highest BCUT2D eigenvalue weighted by Crippen LogP contribution is 2.28. The molecule has 5 nitrogen and oxygen atoms in total. The van der Waals surface area contributed by atoms with E-state index in [1.54, 1.807) is 17.0 Å². The Morgan fingerprint density at radius 1 is 1.03 bits per heavy atom. The normalized spacial score (nSPS) is 15.9. The lowest BCUT2D eigenvalue weighted by atomic mass is 10.1. The number of nitrogens with zero attached hydrogens (tertiary/aromatic N) is 1. The van der Waals surface area contributed by atoms with Crippen LogP contribution in [0.2, 0.25) is 0 Å². The Balaban J connectivity index is 1.37. The molecule has 0 bridgehead atoms. The van der Waals surface area contributed by atoms with Gasteiger partial charge in [0.2, 0.25) is 11.8 Å². The van der Waals surface area contributed by atoms with Crippen LogP contribution in [0.1, 0.15) is 12.0 Å². The van der Waals surface area contributed by atoms with Crippen LogP contribution >= 0.6 is 15.9 Å². The Labute approximate surface area is 183 Å². The quantitative estimate of drug-likeness (QED) is 0.538. The first-order valence-corrected chi connectivity index (χ1v) is 10.5. The van der Waals surface area contributed by atoms with Gasteiger partial charge in [-0.25, -0.2) is 0 Å². The van der Waals surface area contributed by atoms with E-state index in [0.717, 1.165) is 21.5 Å². The van der Waals surface area contributed by atoms with Gasteiger partial charge in [0.15, 0.2) is 0 Å². The summed E-state index contributed by atoms with van der Waals surface area (Å²) in [6, 6.07) is 22.5. The minimum absolute atomic E-state index is 0.0422. The summed E-state index contributed by atoms with van der Waals surface area (Å²) >= 11 is 3.39. The largest absolute Gasteiger partial charge is 0.457 e. The van der Waals surface area contributed by atoms with Crippen LogP contribution < -0.4 is 15.0 Å². The Hall–Kier alpha value is -3.12. The van der Waals surface area contributed by atoms with Gasteiger partial charge in [-0.2, -0.15) is 0 Å². The van der Waals surface area contributed by atoms with Crippen molar-refractivity contribution in [3.63, 3.8) is 0 Å². The molecule has 1 atom stereocenters. The van der Waals surface area contributed by atoms with E-state index in [1.807, 2.05) is 67.6 Å². The van der Waals surface area contributed by atoms with E-state index in [2.05, 4.69) is 21.2 Å². The summed E-state index contributed by atoms with van der Waals surface area (Å²) in [5.41, 5.74) is 2.53. The van der Waals surface area contributed by atoms with Gasteiger partial charge in [0.1, 0.15) is 11.5 Å². The molecule has 3 aromatic carbocycles. The number of ether oxygens (including phenoxy) is 1. The van der Waals surface area contributed by atoms with Crippen molar-refractivity contribution in [2.45, 2.75) is 13.3 Å². The lowest BCUT2D eigenvalue weighted by Crippen LogP contribution is -2.28. The van der Waals surface area contributed by atoms with E-state index in [-0.39, 0.29) is 24.2 Å². The van der Waals surface area contributed by atoms with Gasteiger partial charge in [-0.3, -0.25) is 9.59 Å². The van der Waals surface area contributed by atoms with Crippen LogP contribution in [-0.2, 0) is 9.59 Å². The highest BCUT2D eigenvalue weighted by molar-refractivity contribution is 9.10. The van der Waals surface area contributed by atoms with E-state index in [4.69, 9.17) is 4.74 Å². The molecule has 0 spiro atoms. The molecule has 1 N–H and O–H groups in total. The third-order valence-electron chi connectivity index (χ3n) is 5.08. The molecule has 0 saturated carbocycles. The highest BCUT2D eigenvalue weighted by Gasteiger charge is 2.35. The van der Waals surface area contributed by atoms with Crippen LogP contribution in [0.4, 0.5) is 11.4 Å². The van der Waals surface area contributed by atoms with Crippen LogP contribution in [0.5, 0.6) is 11.5 Å². The number of carbonyl (C=O) groups excluding carboxylic acids is 2. The van der Waals surface area contributed by atoms with Crippen molar-refractivity contribution in [1.82, 2.24) is 0 Å². The van der Waals surface area contributed by atoms with E-state index in [0.29, 0.717) is 18.0 Å². The first-order chi connectivity index (χ1) is 14.5. The van der Waals surface area contributed by atoms with Gasteiger partial charge >= 0.3 is 0 Å². The number of halogens is 1. The molecule has 1 fully saturated rings. The molecule has 3 aromatic rings. The van der Waals surface area contributed by atoms with E-state index < -0.39 is 0 Å². The summed E-state index contributed by atoms with van der Waals surface area (Å²) in [6.07, 6.45) is 0.205. The van der Waals surface area contributed by atoms with Crippen molar-refractivity contribution in [3.05, 3.63) is 82.8 Å². The molecule has 1 heterocycles. The maximum Gasteiger partial charge on any atom is 0.229 e. The Kier molecular flexibility index (Phi) is 5.86. The zero-order valence-corrected chi connectivity index (χ0v) is 18.1. The van der Waals surface area contributed by atoms with Gasteiger partial charge in [-0.1, -0.05) is 34.1 Å². The maximum absolute atomic E-state index is 12.7. The van der Waals surface area contributed by atoms with Crippen LogP contribution in [0.3, 0.4) is 0 Å². The summed E-state index contributed by atoms with van der Waals surface area (Å²) < 4.78 is 6.83. The molecule has 152 valence electrons. The number of carbonyl (C=O) groups is 2.